The Morgan fingerprint density at radius 2 is 1.88 bits per heavy atom. The number of methoxy groups -OCH3 is 1. The molecule has 212 valence electrons. The average molecular weight is 540 g/mol. The van der Waals surface area contributed by atoms with Gasteiger partial charge in [-0.3, -0.25) is 14.9 Å². The minimum absolute atomic E-state index is 0.0541. The van der Waals surface area contributed by atoms with Crippen molar-refractivity contribution in [2.24, 2.45) is 16.8 Å². The standard InChI is InChI=1S/C35H45N3O2/c1-9-22-21-38-15-13-23(22)17-31(38)32(27-12-14-36-30-11-10-26(40-8)19-28(27)30)37-20-24-16-25(34(2,3)4)18-29(33(24)39)35(5,6)7/h9-12,14,16,18-20,22-23,31-32,39H,1,13,15,17,21H2,2-8H3/t22-,23-,31?,32+/m0/s1. The molecule has 0 saturated carbocycles. The summed E-state index contributed by atoms with van der Waals surface area (Å²) in [6.45, 7) is 19.3. The molecule has 2 bridgehead atoms. The first kappa shape index (κ1) is 28.4. The van der Waals surface area contributed by atoms with Gasteiger partial charge in [-0.25, -0.2) is 0 Å². The fraction of sp³-hybridized carbons (Fsp3) is 0.486. The number of aromatic nitrogens is 1. The van der Waals surface area contributed by atoms with Crippen LogP contribution in [0.1, 0.15) is 82.7 Å². The fourth-order valence-corrected chi connectivity index (χ4v) is 6.54. The Labute approximate surface area is 240 Å². The predicted molar refractivity (Wildman–Crippen MR) is 166 cm³/mol. The third kappa shape index (κ3) is 5.41. The van der Waals surface area contributed by atoms with Gasteiger partial charge in [0.1, 0.15) is 11.5 Å². The van der Waals surface area contributed by atoms with Crippen LogP contribution in [0, 0.1) is 11.8 Å². The zero-order valence-corrected chi connectivity index (χ0v) is 25.2. The van der Waals surface area contributed by atoms with Crippen molar-refractivity contribution in [3.8, 4) is 11.5 Å². The largest absolute Gasteiger partial charge is 0.507 e. The van der Waals surface area contributed by atoms with Gasteiger partial charge < -0.3 is 9.84 Å². The summed E-state index contributed by atoms with van der Waals surface area (Å²) in [6, 6.07) is 12.6. The highest BCUT2D eigenvalue weighted by molar-refractivity contribution is 5.87. The lowest BCUT2D eigenvalue weighted by atomic mass is 9.73. The van der Waals surface area contributed by atoms with Gasteiger partial charge in [-0.1, -0.05) is 53.7 Å². The van der Waals surface area contributed by atoms with Crippen LogP contribution >= 0.6 is 0 Å². The van der Waals surface area contributed by atoms with Crippen LogP contribution in [-0.2, 0) is 10.8 Å². The molecule has 0 amide bonds. The van der Waals surface area contributed by atoms with Crippen molar-refractivity contribution in [3.05, 3.63) is 77.5 Å². The molecule has 0 radical (unpaired) electrons. The number of phenolic OH excluding ortho intramolecular Hbond substituents is 1. The number of phenols is 1. The van der Waals surface area contributed by atoms with Crippen molar-refractivity contribution < 1.29 is 9.84 Å². The summed E-state index contributed by atoms with van der Waals surface area (Å²) in [6.07, 6.45) is 8.24. The smallest absolute Gasteiger partial charge is 0.128 e. The second kappa shape index (κ2) is 10.7. The summed E-state index contributed by atoms with van der Waals surface area (Å²) in [5.41, 5.74) is 4.76. The van der Waals surface area contributed by atoms with E-state index in [9.17, 15) is 5.11 Å². The molecule has 3 fully saturated rings. The van der Waals surface area contributed by atoms with Crippen LogP contribution in [0.3, 0.4) is 0 Å². The lowest BCUT2D eigenvalue weighted by molar-refractivity contribution is 0.00796. The molecule has 5 nitrogen and oxygen atoms in total. The molecule has 0 spiro atoms. The Kier molecular flexibility index (Phi) is 7.56. The number of piperidine rings is 3. The van der Waals surface area contributed by atoms with E-state index in [1.165, 1.54) is 12.0 Å². The lowest BCUT2D eigenvalue weighted by Crippen LogP contribution is -2.54. The second-order valence-electron chi connectivity index (χ2n) is 13.7. The van der Waals surface area contributed by atoms with E-state index in [-0.39, 0.29) is 22.9 Å². The van der Waals surface area contributed by atoms with Crippen molar-refractivity contribution in [1.82, 2.24) is 9.88 Å². The average Bonchev–Trinajstić information content (AvgIpc) is 2.92. The number of hydrogen-bond donors (Lipinski definition) is 1. The molecule has 40 heavy (non-hydrogen) atoms. The van der Waals surface area contributed by atoms with Crippen LogP contribution in [0.5, 0.6) is 11.5 Å². The van der Waals surface area contributed by atoms with E-state index in [0.29, 0.717) is 17.6 Å². The molecule has 1 N–H and O–H groups in total. The van der Waals surface area contributed by atoms with Gasteiger partial charge in [-0.2, -0.15) is 0 Å². The van der Waals surface area contributed by atoms with Gasteiger partial charge in [-0.05, 0) is 83.5 Å². The first-order valence-electron chi connectivity index (χ1n) is 14.6. The molecule has 2 unspecified atom stereocenters. The molecule has 6 rings (SSSR count). The van der Waals surface area contributed by atoms with Crippen LogP contribution in [0.2, 0.25) is 0 Å². The van der Waals surface area contributed by atoms with Crippen molar-refractivity contribution >= 4 is 17.1 Å². The van der Waals surface area contributed by atoms with Gasteiger partial charge in [0.2, 0.25) is 0 Å². The second-order valence-corrected chi connectivity index (χ2v) is 13.7. The van der Waals surface area contributed by atoms with Crippen molar-refractivity contribution in [3.63, 3.8) is 0 Å². The van der Waals surface area contributed by atoms with E-state index in [1.54, 1.807) is 7.11 Å². The number of nitrogens with zero attached hydrogens (tertiary/aromatic N) is 3. The summed E-state index contributed by atoms with van der Waals surface area (Å²) in [7, 11) is 1.70. The molecule has 5 heteroatoms. The van der Waals surface area contributed by atoms with Crippen LogP contribution in [0.25, 0.3) is 10.9 Å². The topological polar surface area (TPSA) is 58.0 Å². The SMILES string of the molecule is C=C[C@H]1CN2CC[C@H]1CC2[C@H](N=Cc1cc(C(C)(C)C)cc(C(C)(C)C)c1O)c1ccnc2ccc(OC)cc12. The van der Waals surface area contributed by atoms with E-state index >= 15 is 0 Å². The Morgan fingerprint density at radius 1 is 1.10 bits per heavy atom. The maximum atomic E-state index is 11.5. The van der Waals surface area contributed by atoms with Gasteiger partial charge in [-0.15, -0.1) is 6.58 Å². The maximum absolute atomic E-state index is 11.5. The molecule has 5 atom stereocenters. The van der Waals surface area contributed by atoms with E-state index in [0.717, 1.165) is 52.9 Å². The predicted octanol–water partition coefficient (Wildman–Crippen LogP) is 7.60. The Morgan fingerprint density at radius 3 is 2.50 bits per heavy atom. The number of hydrogen-bond acceptors (Lipinski definition) is 5. The van der Waals surface area contributed by atoms with Crippen molar-refractivity contribution in [2.75, 3.05) is 20.2 Å². The number of aliphatic imine (C=N–C) groups is 1. The molecule has 3 aliphatic heterocycles. The lowest BCUT2D eigenvalue weighted by Gasteiger charge is -2.51. The van der Waals surface area contributed by atoms with E-state index in [4.69, 9.17) is 9.73 Å². The third-order valence-electron chi connectivity index (χ3n) is 9.01. The van der Waals surface area contributed by atoms with Gasteiger partial charge in [0.15, 0.2) is 0 Å². The zero-order valence-electron chi connectivity index (χ0n) is 25.2. The summed E-state index contributed by atoms with van der Waals surface area (Å²) in [5.74, 6) is 2.29. The monoisotopic (exact) mass is 539 g/mol. The Hall–Kier alpha value is -3.18. The minimum Gasteiger partial charge on any atom is -0.507 e. The molecule has 4 heterocycles. The molecule has 1 aromatic heterocycles. The highest BCUT2D eigenvalue weighted by Crippen LogP contribution is 2.44. The Balaban J connectivity index is 1.66. The van der Waals surface area contributed by atoms with E-state index in [2.05, 4.69) is 88.3 Å². The molecule has 3 aromatic rings. The highest BCUT2D eigenvalue weighted by Gasteiger charge is 2.42. The third-order valence-corrected chi connectivity index (χ3v) is 9.01. The molecular formula is C35H45N3O2. The van der Waals surface area contributed by atoms with Crippen LogP contribution in [-0.4, -0.2) is 47.4 Å². The van der Waals surface area contributed by atoms with E-state index < -0.39 is 0 Å². The number of ether oxygens (including phenoxy) is 1. The number of rotatable bonds is 6. The summed E-state index contributed by atoms with van der Waals surface area (Å²) in [5, 5.41) is 12.5. The number of fused-ring (bicyclic) bond motifs is 4. The van der Waals surface area contributed by atoms with Crippen LogP contribution in [0.15, 0.2) is 60.2 Å². The van der Waals surface area contributed by atoms with Crippen LogP contribution in [0.4, 0.5) is 0 Å². The van der Waals surface area contributed by atoms with Crippen molar-refractivity contribution in [1.29, 1.82) is 0 Å². The van der Waals surface area contributed by atoms with Gasteiger partial charge in [0.25, 0.3) is 0 Å². The first-order valence-corrected chi connectivity index (χ1v) is 14.6. The molecule has 3 saturated heterocycles. The fourth-order valence-electron chi connectivity index (χ4n) is 6.54. The summed E-state index contributed by atoms with van der Waals surface area (Å²) < 4.78 is 5.59. The highest BCUT2D eigenvalue weighted by atomic mass is 16.5. The summed E-state index contributed by atoms with van der Waals surface area (Å²) >= 11 is 0. The van der Waals surface area contributed by atoms with E-state index in [1.807, 2.05) is 24.5 Å². The zero-order chi connectivity index (χ0) is 28.8. The van der Waals surface area contributed by atoms with Gasteiger partial charge in [0, 0.05) is 41.5 Å². The van der Waals surface area contributed by atoms with Gasteiger partial charge >= 0.3 is 0 Å². The normalized spacial score (nSPS) is 24.0. The van der Waals surface area contributed by atoms with Gasteiger partial charge in [0.05, 0.1) is 18.7 Å². The Bertz CT molecular complexity index is 1430. The quantitative estimate of drug-likeness (QED) is 0.259. The minimum atomic E-state index is -0.195. The maximum Gasteiger partial charge on any atom is 0.128 e. The number of aromatic hydroxyl groups is 1. The molecular weight excluding hydrogens is 494 g/mol. The van der Waals surface area contributed by atoms with Crippen LogP contribution < -0.4 is 4.74 Å². The number of pyridine rings is 1. The van der Waals surface area contributed by atoms with Crippen molar-refractivity contribution in [2.45, 2.75) is 77.3 Å². The first-order chi connectivity index (χ1) is 18.9. The molecule has 0 aliphatic carbocycles. The summed E-state index contributed by atoms with van der Waals surface area (Å²) in [4.78, 5) is 12.6. The molecule has 2 aromatic carbocycles. The molecule has 3 aliphatic rings. The number of benzene rings is 2.